The van der Waals surface area contributed by atoms with Crippen LogP contribution in [0, 0.1) is 5.92 Å². The molecule has 0 aliphatic carbocycles. The molecule has 128 valence electrons. The van der Waals surface area contributed by atoms with Gasteiger partial charge in [-0.15, -0.1) is 0 Å². The second-order valence-corrected chi connectivity index (χ2v) is 6.70. The molecule has 2 aromatic rings. The number of H-pyrrole nitrogens is 1. The van der Waals surface area contributed by atoms with Crippen LogP contribution in [-0.2, 0) is 6.42 Å². The van der Waals surface area contributed by atoms with Gasteiger partial charge in [-0.05, 0) is 49.4 Å². The third-order valence-corrected chi connectivity index (χ3v) is 4.45. The predicted octanol–water partition coefficient (Wildman–Crippen LogP) is 3.70. The van der Waals surface area contributed by atoms with Crippen molar-refractivity contribution in [1.82, 2.24) is 9.97 Å². The summed E-state index contributed by atoms with van der Waals surface area (Å²) in [5.41, 5.74) is 2.89. The molecule has 1 atom stereocenters. The van der Waals surface area contributed by atoms with Crippen molar-refractivity contribution < 1.29 is 0 Å². The van der Waals surface area contributed by atoms with Gasteiger partial charge in [0.15, 0.2) is 0 Å². The number of hydrogen-bond donors (Lipinski definition) is 2. The molecule has 0 saturated carbocycles. The summed E-state index contributed by atoms with van der Waals surface area (Å²) in [6.07, 6.45) is 4.36. The molecule has 0 amide bonds. The van der Waals surface area contributed by atoms with E-state index in [0.29, 0.717) is 5.95 Å². The molecule has 1 fully saturated rings. The highest BCUT2D eigenvalue weighted by molar-refractivity contribution is 5.59. The zero-order valence-electron chi connectivity index (χ0n) is 14.5. The molecule has 24 heavy (non-hydrogen) atoms. The molecule has 1 aliphatic rings. The molecule has 0 radical (unpaired) electrons. The molecular formula is C19H26N4O. The first kappa shape index (κ1) is 16.6. The number of piperidine rings is 1. The highest BCUT2D eigenvalue weighted by Gasteiger charge is 2.16. The summed E-state index contributed by atoms with van der Waals surface area (Å²) in [5.74, 6) is 1.26. The van der Waals surface area contributed by atoms with E-state index in [9.17, 15) is 4.79 Å². The molecule has 0 spiro atoms. The Balaban J connectivity index is 1.71. The molecule has 0 bridgehead atoms. The third-order valence-electron chi connectivity index (χ3n) is 4.45. The quantitative estimate of drug-likeness (QED) is 0.879. The van der Waals surface area contributed by atoms with Crippen molar-refractivity contribution in [2.24, 2.45) is 5.92 Å². The highest BCUT2D eigenvalue weighted by atomic mass is 16.1. The summed E-state index contributed by atoms with van der Waals surface area (Å²) < 4.78 is 0. The Labute approximate surface area is 143 Å². The van der Waals surface area contributed by atoms with E-state index in [1.165, 1.54) is 18.5 Å². The van der Waals surface area contributed by atoms with E-state index in [1.807, 2.05) is 12.1 Å². The molecule has 1 aromatic carbocycles. The largest absolute Gasteiger partial charge is 0.371 e. The fourth-order valence-corrected chi connectivity index (χ4v) is 3.27. The van der Waals surface area contributed by atoms with E-state index < -0.39 is 0 Å². The molecule has 2 N–H and O–H groups in total. The van der Waals surface area contributed by atoms with Gasteiger partial charge in [0, 0.05) is 36.2 Å². The monoisotopic (exact) mass is 326 g/mol. The van der Waals surface area contributed by atoms with Crippen LogP contribution in [0.4, 0.5) is 17.3 Å². The van der Waals surface area contributed by atoms with E-state index in [0.717, 1.165) is 43.2 Å². The number of aromatic amines is 1. The van der Waals surface area contributed by atoms with Gasteiger partial charge in [-0.3, -0.25) is 9.78 Å². The van der Waals surface area contributed by atoms with Crippen LogP contribution in [0.25, 0.3) is 0 Å². The van der Waals surface area contributed by atoms with Crippen molar-refractivity contribution in [3.05, 3.63) is 46.4 Å². The summed E-state index contributed by atoms with van der Waals surface area (Å²) in [5, 5.41) is 3.20. The molecule has 5 nitrogen and oxygen atoms in total. The molecule has 3 rings (SSSR count). The SMILES string of the molecule is CCCc1cc(=O)[nH]c(Nc2ccc(N3CCCC(C)C3)cc2)n1. The predicted molar refractivity (Wildman–Crippen MR) is 99.2 cm³/mol. The van der Waals surface area contributed by atoms with E-state index in [1.54, 1.807) is 6.07 Å². The van der Waals surface area contributed by atoms with Crippen LogP contribution in [-0.4, -0.2) is 23.1 Å². The fourth-order valence-electron chi connectivity index (χ4n) is 3.27. The van der Waals surface area contributed by atoms with Crippen LogP contribution < -0.4 is 15.8 Å². The van der Waals surface area contributed by atoms with E-state index >= 15 is 0 Å². The number of anilines is 3. The fraction of sp³-hybridized carbons (Fsp3) is 0.474. The summed E-state index contributed by atoms with van der Waals surface area (Å²) in [4.78, 5) is 21.4. The van der Waals surface area contributed by atoms with Crippen LogP contribution in [0.2, 0.25) is 0 Å². The maximum Gasteiger partial charge on any atom is 0.252 e. The molecule has 5 heteroatoms. The lowest BCUT2D eigenvalue weighted by molar-refractivity contribution is 0.447. The van der Waals surface area contributed by atoms with Crippen molar-refractivity contribution >= 4 is 17.3 Å². The van der Waals surface area contributed by atoms with Crippen molar-refractivity contribution in [1.29, 1.82) is 0 Å². The van der Waals surface area contributed by atoms with Crippen LogP contribution in [0.5, 0.6) is 0 Å². The van der Waals surface area contributed by atoms with E-state index in [4.69, 9.17) is 0 Å². The summed E-state index contributed by atoms with van der Waals surface area (Å²) in [6.45, 7) is 6.65. The van der Waals surface area contributed by atoms with E-state index in [2.05, 4.69) is 46.2 Å². The van der Waals surface area contributed by atoms with Gasteiger partial charge in [0.1, 0.15) is 0 Å². The van der Waals surface area contributed by atoms with Crippen molar-refractivity contribution in [2.75, 3.05) is 23.3 Å². The maximum absolute atomic E-state index is 11.7. The Morgan fingerprint density at radius 1 is 1.33 bits per heavy atom. The third kappa shape index (κ3) is 4.16. The van der Waals surface area contributed by atoms with Gasteiger partial charge in [-0.25, -0.2) is 4.98 Å². The zero-order chi connectivity index (χ0) is 16.9. The van der Waals surface area contributed by atoms with Crippen molar-refractivity contribution in [2.45, 2.75) is 39.5 Å². The van der Waals surface area contributed by atoms with E-state index in [-0.39, 0.29) is 5.56 Å². The number of nitrogens with one attached hydrogen (secondary N) is 2. The summed E-state index contributed by atoms with van der Waals surface area (Å²) in [7, 11) is 0. The molecule has 1 saturated heterocycles. The number of aromatic nitrogens is 2. The topological polar surface area (TPSA) is 61.0 Å². The maximum atomic E-state index is 11.7. The second kappa shape index (κ2) is 7.51. The normalized spacial score (nSPS) is 17.8. The number of hydrogen-bond acceptors (Lipinski definition) is 4. The van der Waals surface area contributed by atoms with Gasteiger partial charge < -0.3 is 10.2 Å². The van der Waals surface area contributed by atoms with Crippen LogP contribution in [0.15, 0.2) is 35.1 Å². The van der Waals surface area contributed by atoms with Crippen molar-refractivity contribution in [3.8, 4) is 0 Å². The minimum absolute atomic E-state index is 0.116. The molecule has 1 unspecified atom stereocenters. The molecule has 1 aliphatic heterocycles. The average Bonchev–Trinajstić information content (AvgIpc) is 2.55. The highest BCUT2D eigenvalue weighted by Crippen LogP contribution is 2.24. The lowest BCUT2D eigenvalue weighted by Crippen LogP contribution is -2.34. The number of nitrogens with zero attached hydrogens (tertiary/aromatic N) is 2. The van der Waals surface area contributed by atoms with Gasteiger partial charge in [-0.1, -0.05) is 20.3 Å². The van der Waals surface area contributed by atoms with Gasteiger partial charge in [0.05, 0.1) is 0 Å². The van der Waals surface area contributed by atoms with Crippen LogP contribution in [0.1, 0.15) is 38.8 Å². The van der Waals surface area contributed by atoms with Gasteiger partial charge in [0.2, 0.25) is 5.95 Å². The smallest absolute Gasteiger partial charge is 0.252 e. The lowest BCUT2D eigenvalue weighted by atomic mass is 10.00. The van der Waals surface area contributed by atoms with Gasteiger partial charge >= 0.3 is 0 Å². The number of rotatable bonds is 5. The number of aryl methyl sites for hydroxylation is 1. The lowest BCUT2D eigenvalue weighted by Gasteiger charge is -2.32. The molecular weight excluding hydrogens is 300 g/mol. The first-order chi connectivity index (χ1) is 11.6. The number of benzene rings is 1. The average molecular weight is 326 g/mol. The van der Waals surface area contributed by atoms with Crippen LogP contribution >= 0.6 is 0 Å². The summed E-state index contributed by atoms with van der Waals surface area (Å²) >= 11 is 0. The standard InChI is InChI=1S/C19H26N4O/c1-3-5-16-12-18(24)22-19(21-16)20-15-7-9-17(10-8-15)23-11-4-6-14(2)13-23/h7-10,12,14H,3-6,11,13H2,1-2H3,(H2,20,21,22,24). The zero-order valence-corrected chi connectivity index (χ0v) is 14.5. The van der Waals surface area contributed by atoms with Gasteiger partial charge in [-0.2, -0.15) is 0 Å². The first-order valence-electron chi connectivity index (χ1n) is 8.86. The summed E-state index contributed by atoms with van der Waals surface area (Å²) in [6, 6.07) is 9.92. The Kier molecular flexibility index (Phi) is 5.18. The first-order valence-corrected chi connectivity index (χ1v) is 8.86. The second-order valence-electron chi connectivity index (χ2n) is 6.70. The van der Waals surface area contributed by atoms with Crippen LogP contribution in [0.3, 0.4) is 0 Å². The Morgan fingerprint density at radius 3 is 2.83 bits per heavy atom. The van der Waals surface area contributed by atoms with Gasteiger partial charge in [0.25, 0.3) is 5.56 Å². The Morgan fingerprint density at radius 2 is 2.12 bits per heavy atom. The molecule has 2 heterocycles. The Bertz CT molecular complexity index is 723. The van der Waals surface area contributed by atoms with Crippen molar-refractivity contribution in [3.63, 3.8) is 0 Å². The minimum atomic E-state index is -0.116. The Hall–Kier alpha value is -2.30. The minimum Gasteiger partial charge on any atom is -0.371 e. The molecule has 1 aromatic heterocycles.